The summed E-state index contributed by atoms with van der Waals surface area (Å²) in [5, 5.41) is 3.40. The van der Waals surface area contributed by atoms with Gasteiger partial charge in [0, 0.05) is 24.0 Å². The van der Waals surface area contributed by atoms with Crippen LogP contribution >= 0.6 is 11.3 Å². The summed E-state index contributed by atoms with van der Waals surface area (Å²) in [4.78, 5) is 28.7. The van der Waals surface area contributed by atoms with Crippen molar-refractivity contribution in [1.82, 2.24) is 4.90 Å². The van der Waals surface area contributed by atoms with E-state index in [0.29, 0.717) is 42.4 Å². The van der Waals surface area contributed by atoms with Crippen molar-refractivity contribution in [3.8, 4) is 10.4 Å². The molecule has 1 saturated heterocycles. The van der Waals surface area contributed by atoms with E-state index in [1.165, 1.54) is 29.5 Å². The molecule has 0 aliphatic carbocycles. The van der Waals surface area contributed by atoms with Crippen molar-refractivity contribution in [1.29, 1.82) is 0 Å². The number of thiophene rings is 1. The van der Waals surface area contributed by atoms with Crippen LogP contribution in [0.5, 0.6) is 0 Å². The highest BCUT2D eigenvalue weighted by atomic mass is 32.1. The lowest BCUT2D eigenvalue weighted by Gasteiger charge is -2.27. The zero-order valence-electron chi connectivity index (χ0n) is 17.6. The Labute approximate surface area is 190 Å². The van der Waals surface area contributed by atoms with Crippen LogP contribution in [0.2, 0.25) is 0 Å². The molecular formula is C25H23FN2O3S. The Morgan fingerprint density at radius 2 is 1.75 bits per heavy atom. The van der Waals surface area contributed by atoms with Crippen LogP contribution < -0.4 is 5.32 Å². The minimum atomic E-state index is -0.355. The molecule has 0 bridgehead atoms. The number of hydrogen-bond donors (Lipinski definition) is 1. The van der Waals surface area contributed by atoms with Crippen molar-refractivity contribution >= 4 is 34.2 Å². The molecule has 1 aromatic heterocycles. The highest BCUT2D eigenvalue weighted by Gasteiger charge is 2.27. The molecule has 1 fully saturated rings. The van der Waals surface area contributed by atoms with Crippen LogP contribution in [0.25, 0.3) is 16.5 Å². The molecule has 0 spiro atoms. The smallest absolute Gasteiger partial charge is 0.257 e. The van der Waals surface area contributed by atoms with Gasteiger partial charge >= 0.3 is 0 Å². The van der Waals surface area contributed by atoms with Gasteiger partial charge in [0.1, 0.15) is 10.8 Å². The van der Waals surface area contributed by atoms with E-state index in [0.717, 1.165) is 16.0 Å². The lowest BCUT2D eigenvalue weighted by Crippen LogP contribution is -2.41. The second-order valence-corrected chi connectivity index (χ2v) is 8.43. The first-order valence-electron chi connectivity index (χ1n) is 10.3. The topological polar surface area (TPSA) is 58.6 Å². The minimum Gasteiger partial charge on any atom is -0.378 e. The van der Waals surface area contributed by atoms with Crippen molar-refractivity contribution in [2.45, 2.75) is 6.92 Å². The summed E-state index contributed by atoms with van der Waals surface area (Å²) in [5.74, 6) is -0.798. The quantitative estimate of drug-likeness (QED) is 0.558. The highest BCUT2D eigenvalue weighted by molar-refractivity contribution is 7.20. The number of ether oxygens (including phenoxy) is 1. The number of morpholine rings is 1. The van der Waals surface area contributed by atoms with Gasteiger partial charge in [0.05, 0.1) is 18.8 Å². The van der Waals surface area contributed by atoms with Crippen LogP contribution in [0.1, 0.15) is 21.5 Å². The highest BCUT2D eigenvalue weighted by Crippen LogP contribution is 2.40. The molecule has 2 heterocycles. The maximum atomic E-state index is 13.4. The maximum Gasteiger partial charge on any atom is 0.257 e. The van der Waals surface area contributed by atoms with E-state index in [4.69, 9.17) is 4.74 Å². The van der Waals surface area contributed by atoms with Crippen LogP contribution in [0.4, 0.5) is 9.39 Å². The third-order valence-electron chi connectivity index (χ3n) is 5.23. The van der Waals surface area contributed by atoms with E-state index < -0.39 is 0 Å². The second kappa shape index (κ2) is 9.89. The molecule has 5 nitrogen and oxygen atoms in total. The van der Waals surface area contributed by atoms with E-state index in [2.05, 4.69) is 5.32 Å². The SMILES string of the molecule is Cc1c(-c2ccccc2)sc(NC(=O)/C=C/c2ccc(F)cc2)c1C(=O)N1CCOCC1. The third kappa shape index (κ3) is 4.95. The van der Waals surface area contributed by atoms with E-state index in [1.54, 1.807) is 23.1 Å². The summed E-state index contributed by atoms with van der Waals surface area (Å²) < 4.78 is 18.5. The molecule has 1 aliphatic rings. The number of amides is 2. The first-order chi connectivity index (χ1) is 15.5. The molecule has 2 aromatic carbocycles. The summed E-state index contributed by atoms with van der Waals surface area (Å²) in [6.07, 6.45) is 2.99. The van der Waals surface area contributed by atoms with Crippen LogP contribution in [-0.4, -0.2) is 43.0 Å². The lowest BCUT2D eigenvalue weighted by atomic mass is 10.1. The summed E-state index contributed by atoms with van der Waals surface area (Å²) in [7, 11) is 0. The van der Waals surface area contributed by atoms with Crippen LogP contribution in [-0.2, 0) is 9.53 Å². The van der Waals surface area contributed by atoms with E-state index in [9.17, 15) is 14.0 Å². The van der Waals surface area contributed by atoms with Crippen molar-refractivity contribution in [3.63, 3.8) is 0 Å². The summed E-state index contributed by atoms with van der Waals surface area (Å²) in [6, 6.07) is 15.7. The molecule has 3 aromatic rings. The standard InChI is InChI=1S/C25H23FN2O3S/c1-17-22(25(30)28-13-15-31-16-14-28)24(32-23(17)19-5-3-2-4-6-19)27-21(29)12-9-18-7-10-20(26)11-8-18/h2-12H,13-16H2,1H3,(H,27,29)/b12-9+. The fourth-order valence-electron chi connectivity index (χ4n) is 3.55. The Bertz CT molecular complexity index is 1130. The van der Waals surface area contributed by atoms with Gasteiger partial charge in [-0.05, 0) is 41.8 Å². The molecule has 2 amide bonds. The third-order valence-corrected chi connectivity index (χ3v) is 6.49. The molecule has 0 radical (unpaired) electrons. The van der Waals surface area contributed by atoms with Gasteiger partial charge in [-0.15, -0.1) is 11.3 Å². The monoisotopic (exact) mass is 450 g/mol. The number of carbonyl (C=O) groups excluding carboxylic acids is 2. The van der Waals surface area contributed by atoms with Gasteiger partial charge in [0.25, 0.3) is 5.91 Å². The number of nitrogens with one attached hydrogen (secondary N) is 1. The number of hydrogen-bond acceptors (Lipinski definition) is 4. The Morgan fingerprint density at radius 3 is 2.44 bits per heavy atom. The van der Waals surface area contributed by atoms with Gasteiger partial charge in [-0.25, -0.2) is 4.39 Å². The number of carbonyl (C=O) groups is 2. The summed E-state index contributed by atoms with van der Waals surface area (Å²) in [5.41, 5.74) is 3.06. The summed E-state index contributed by atoms with van der Waals surface area (Å²) in [6.45, 7) is 3.96. The number of benzene rings is 2. The maximum absolute atomic E-state index is 13.4. The van der Waals surface area contributed by atoms with E-state index >= 15 is 0 Å². The number of nitrogens with zero attached hydrogens (tertiary/aromatic N) is 1. The van der Waals surface area contributed by atoms with Crippen LogP contribution in [0.3, 0.4) is 0 Å². The van der Waals surface area contributed by atoms with Gasteiger partial charge < -0.3 is 15.0 Å². The predicted octanol–water partition coefficient (Wildman–Crippen LogP) is 4.99. The molecular weight excluding hydrogens is 427 g/mol. The van der Waals surface area contributed by atoms with Crippen molar-refractivity contribution in [2.75, 3.05) is 31.6 Å². The Kier molecular flexibility index (Phi) is 6.78. The zero-order valence-corrected chi connectivity index (χ0v) is 18.5. The van der Waals surface area contributed by atoms with Gasteiger partial charge in [-0.1, -0.05) is 42.5 Å². The average molecular weight is 451 g/mol. The number of rotatable bonds is 5. The fourth-order valence-corrected chi connectivity index (χ4v) is 4.76. The first-order valence-corrected chi connectivity index (χ1v) is 11.1. The number of anilines is 1. The fraction of sp³-hybridized carbons (Fsp3) is 0.200. The Morgan fingerprint density at radius 1 is 1.06 bits per heavy atom. The van der Waals surface area contributed by atoms with Crippen molar-refractivity contribution in [3.05, 3.63) is 83.2 Å². The average Bonchev–Trinajstić information content (AvgIpc) is 3.14. The van der Waals surface area contributed by atoms with Gasteiger partial charge in [-0.2, -0.15) is 0 Å². The zero-order chi connectivity index (χ0) is 22.5. The molecule has 0 unspecified atom stereocenters. The van der Waals surface area contributed by atoms with Crippen LogP contribution in [0.15, 0.2) is 60.7 Å². The first kappa shape index (κ1) is 21.9. The lowest BCUT2D eigenvalue weighted by molar-refractivity contribution is -0.111. The van der Waals surface area contributed by atoms with Crippen LogP contribution in [0, 0.1) is 12.7 Å². The van der Waals surface area contributed by atoms with Gasteiger partial charge in [0.2, 0.25) is 5.91 Å². The molecule has 164 valence electrons. The Hall–Kier alpha value is -3.29. The van der Waals surface area contributed by atoms with Gasteiger partial charge in [-0.3, -0.25) is 9.59 Å². The number of halogens is 1. The van der Waals surface area contributed by atoms with E-state index in [1.807, 2.05) is 37.3 Å². The molecule has 7 heteroatoms. The van der Waals surface area contributed by atoms with Gasteiger partial charge in [0.15, 0.2) is 0 Å². The second-order valence-electron chi connectivity index (χ2n) is 7.41. The summed E-state index contributed by atoms with van der Waals surface area (Å²) >= 11 is 1.39. The molecule has 4 rings (SSSR count). The van der Waals surface area contributed by atoms with E-state index in [-0.39, 0.29) is 17.6 Å². The molecule has 32 heavy (non-hydrogen) atoms. The molecule has 1 N–H and O–H groups in total. The largest absolute Gasteiger partial charge is 0.378 e. The minimum absolute atomic E-state index is 0.109. The predicted molar refractivity (Wildman–Crippen MR) is 125 cm³/mol. The van der Waals surface area contributed by atoms with Crippen molar-refractivity contribution in [2.24, 2.45) is 0 Å². The normalized spacial score (nSPS) is 14.0. The van der Waals surface area contributed by atoms with Crippen molar-refractivity contribution < 1.29 is 18.7 Å². The Balaban J connectivity index is 1.64. The molecule has 0 saturated carbocycles. The molecule has 0 atom stereocenters. The molecule has 1 aliphatic heterocycles.